The summed E-state index contributed by atoms with van der Waals surface area (Å²) in [6, 6.07) is 1.90. The fraction of sp³-hybridized carbons (Fsp3) is 0.583. The number of aliphatic hydroxyl groups excluding tert-OH is 1. The van der Waals surface area contributed by atoms with Gasteiger partial charge in [-0.15, -0.1) is 11.3 Å². The van der Waals surface area contributed by atoms with Crippen molar-refractivity contribution >= 4 is 17.2 Å². The van der Waals surface area contributed by atoms with Crippen LogP contribution in [0.3, 0.4) is 0 Å². The van der Waals surface area contributed by atoms with Crippen molar-refractivity contribution in [3.05, 3.63) is 21.4 Å². The van der Waals surface area contributed by atoms with Crippen LogP contribution >= 0.6 is 11.3 Å². The van der Waals surface area contributed by atoms with Crippen LogP contribution in [0.2, 0.25) is 0 Å². The van der Waals surface area contributed by atoms with Gasteiger partial charge in [-0.3, -0.25) is 4.79 Å². The van der Waals surface area contributed by atoms with Crippen LogP contribution in [-0.4, -0.2) is 23.2 Å². The predicted octanol–water partition coefficient (Wildman–Crippen LogP) is 2.25. The fourth-order valence-electron chi connectivity index (χ4n) is 1.55. The highest BCUT2D eigenvalue weighted by molar-refractivity contribution is 7.14. The van der Waals surface area contributed by atoms with Crippen LogP contribution in [0, 0.1) is 13.8 Å². The first-order valence-corrected chi connectivity index (χ1v) is 6.27. The minimum Gasteiger partial charge on any atom is -0.393 e. The molecule has 2 atom stereocenters. The standard InChI is InChI=1S/C12H19NO2S/c1-7-5-11(16-10(7)4)12(15)13-8(2)6-9(3)14/h5,8-9,14H,6H2,1-4H3,(H,13,15). The van der Waals surface area contributed by atoms with Crippen molar-refractivity contribution in [1.29, 1.82) is 0 Å². The number of carbonyl (C=O) groups is 1. The third kappa shape index (κ3) is 3.61. The maximum absolute atomic E-state index is 11.8. The molecule has 90 valence electrons. The van der Waals surface area contributed by atoms with Crippen LogP contribution in [0.5, 0.6) is 0 Å². The van der Waals surface area contributed by atoms with Gasteiger partial charge < -0.3 is 10.4 Å². The lowest BCUT2D eigenvalue weighted by Crippen LogP contribution is -2.34. The molecule has 4 heteroatoms. The van der Waals surface area contributed by atoms with Gasteiger partial charge in [-0.1, -0.05) is 0 Å². The number of hydrogen-bond donors (Lipinski definition) is 2. The van der Waals surface area contributed by atoms with Crippen LogP contribution in [-0.2, 0) is 0 Å². The van der Waals surface area contributed by atoms with E-state index in [4.69, 9.17) is 0 Å². The van der Waals surface area contributed by atoms with Gasteiger partial charge in [0.2, 0.25) is 0 Å². The Balaban J connectivity index is 2.58. The van der Waals surface area contributed by atoms with Gasteiger partial charge in [-0.25, -0.2) is 0 Å². The molecule has 1 rings (SSSR count). The highest BCUT2D eigenvalue weighted by Gasteiger charge is 2.14. The van der Waals surface area contributed by atoms with Gasteiger partial charge in [0.15, 0.2) is 0 Å². The van der Waals surface area contributed by atoms with Gasteiger partial charge >= 0.3 is 0 Å². The molecule has 2 unspecified atom stereocenters. The number of amides is 1. The average molecular weight is 241 g/mol. The van der Waals surface area contributed by atoms with Crippen molar-refractivity contribution in [2.75, 3.05) is 0 Å². The van der Waals surface area contributed by atoms with E-state index in [0.717, 1.165) is 10.4 Å². The van der Waals surface area contributed by atoms with Crippen LogP contribution in [0.1, 0.15) is 40.4 Å². The molecule has 0 fully saturated rings. The molecule has 0 aliphatic heterocycles. The van der Waals surface area contributed by atoms with Crippen LogP contribution in [0.15, 0.2) is 6.07 Å². The van der Waals surface area contributed by atoms with Gasteiger partial charge in [0.1, 0.15) is 0 Å². The largest absolute Gasteiger partial charge is 0.393 e. The molecule has 1 heterocycles. The number of thiophene rings is 1. The molecular weight excluding hydrogens is 222 g/mol. The molecule has 0 aromatic carbocycles. The topological polar surface area (TPSA) is 49.3 Å². The molecule has 2 N–H and O–H groups in total. The Bertz CT molecular complexity index is 352. The second-order valence-electron chi connectivity index (χ2n) is 4.31. The first kappa shape index (κ1) is 13.2. The van der Waals surface area contributed by atoms with Gasteiger partial charge in [0.05, 0.1) is 11.0 Å². The molecule has 1 amide bonds. The monoisotopic (exact) mass is 241 g/mol. The normalized spacial score (nSPS) is 14.6. The SMILES string of the molecule is Cc1cc(C(=O)NC(C)CC(C)O)sc1C. The van der Waals surface area contributed by atoms with E-state index in [2.05, 4.69) is 5.32 Å². The molecular formula is C12H19NO2S. The van der Waals surface area contributed by atoms with E-state index in [1.54, 1.807) is 6.92 Å². The molecule has 0 aliphatic rings. The second-order valence-corrected chi connectivity index (χ2v) is 5.57. The predicted molar refractivity (Wildman–Crippen MR) is 67.0 cm³/mol. The summed E-state index contributed by atoms with van der Waals surface area (Å²) >= 11 is 1.51. The van der Waals surface area contributed by atoms with E-state index in [0.29, 0.717) is 6.42 Å². The zero-order valence-electron chi connectivity index (χ0n) is 10.2. The van der Waals surface area contributed by atoms with E-state index in [-0.39, 0.29) is 18.1 Å². The zero-order valence-corrected chi connectivity index (χ0v) is 11.0. The van der Waals surface area contributed by atoms with Crippen molar-refractivity contribution in [3.63, 3.8) is 0 Å². The summed E-state index contributed by atoms with van der Waals surface area (Å²) in [6.07, 6.45) is 0.192. The number of nitrogens with one attached hydrogen (secondary N) is 1. The number of aryl methyl sites for hydroxylation is 2. The summed E-state index contributed by atoms with van der Waals surface area (Å²) in [7, 11) is 0. The quantitative estimate of drug-likeness (QED) is 0.849. The van der Waals surface area contributed by atoms with Crippen LogP contribution < -0.4 is 5.32 Å². The summed E-state index contributed by atoms with van der Waals surface area (Å²) in [6.45, 7) is 7.64. The highest BCUT2D eigenvalue weighted by Crippen LogP contribution is 2.20. The maximum atomic E-state index is 11.8. The van der Waals surface area contributed by atoms with Crippen molar-refractivity contribution in [3.8, 4) is 0 Å². The van der Waals surface area contributed by atoms with E-state index in [1.165, 1.54) is 16.2 Å². The number of carbonyl (C=O) groups excluding carboxylic acids is 1. The zero-order chi connectivity index (χ0) is 12.3. The number of hydrogen-bond acceptors (Lipinski definition) is 3. The van der Waals surface area contributed by atoms with E-state index in [9.17, 15) is 9.90 Å². The minimum atomic E-state index is -0.387. The lowest BCUT2D eigenvalue weighted by Gasteiger charge is -2.14. The molecule has 1 aromatic heterocycles. The van der Waals surface area contributed by atoms with Crippen molar-refractivity contribution in [1.82, 2.24) is 5.32 Å². The smallest absolute Gasteiger partial charge is 0.261 e. The fourth-order valence-corrected chi connectivity index (χ4v) is 2.49. The van der Waals surface area contributed by atoms with Crippen molar-refractivity contribution in [2.24, 2.45) is 0 Å². The molecule has 0 spiro atoms. The van der Waals surface area contributed by atoms with E-state index in [1.807, 2.05) is 26.8 Å². The summed E-state index contributed by atoms with van der Waals surface area (Å²) in [5.41, 5.74) is 1.15. The molecule has 16 heavy (non-hydrogen) atoms. The molecule has 0 radical (unpaired) electrons. The lowest BCUT2D eigenvalue weighted by atomic mass is 10.1. The Kier molecular flexibility index (Phi) is 4.50. The van der Waals surface area contributed by atoms with Gasteiger partial charge in [0.25, 0.3) is 5.91 Å². The number of aliphatic hydroxyl groups is 1. The molecule has 0 saturated carbocycles. The first-order chi connectivity index (χ1) is 7.40. The summed E-state index contributed by atoms with van der Waals surface area (Å²) < 4.78 is 0. The highest BCUT2D eigenvalue weighted by atomic mass is 32.1. The Morgan fingerprint density at radius 3 is 2.56 bits per heavy atom. The third-order valence-electron chi connectivity index (χ3n) is 2.46. The molecule has 3 nitrogen and oxygen atoms in total. The van der Waals surface area contributed by atoms with E-state index >= 15 is 0 Å². The maximum Gasteiger partial charge on any atom is 0.261 e. The van der Waals surface area contributed by atoms with Crippen LogP contribution in [0.4, 0.5) is 0 Å². The molecule has 0 bridgehead atoms. The van der Waals surface area contributed by atoms with Gasteiger partial charge in [-0.05, 0) is 45.7 Å². The van der Waals surface area contributed by atoms with Crippen molar-refractivity contribution < 1.29 is 9.90 Å². The first-order valence-electron chi connectivity index (χ1n) is 5.46. The second kappa shape index (κ2) is 5.46. The molecule has 0 saturated heterocycles. The third-order valence-corrected chi connectivity index (χ3v) is 3.61. The van der Waals surface area contributed by atoms with Gasteiger partial charge in [-0.2, -0.15) is 0 Å². The lowest BCUT2D eigenvalue weighted by molar-refractivity contribution is 0.0927. The minimum absolute atomic E-state index is 0.00443. The molecule has 1 aromatic rings. The Morgan fingerprint density at radius 2 is 2.12 bits per heavy atom. The summed E-state index contributed by atoms with van der Waals surface area (Å²) in [5, 5.41) is 12.1. The number of rotatable bonds is 4. The van der Waals surface area contributed by atoms with Crippen LogP contribution in [0.25, 0.3) is 0 Å². The Morgan fingerprint density at radius 1 is 1.50 bits per heavy atom. The summed E-state index contributed by atoms with van der Waals surface area (Å²) in [4.78, 5) is 13.7. The Labute approximate surface area is 100 Å². The van der Waals surface area contributed by atoms with Gasteiger partial charge in [0, 0.05) is 10.9 Å². The summed E-state index contributed by atoms with van der Waals surface area (Å²) in [5.74, 6) is -0.0469. The molecule has 0 aliphatic carbocycles. The van der Waals surface area contributed by atoms with E-state index < -0.39 is 0 Å². The Hall–Kier alpha value is -0.870. The average Bonchev–Trinajstić information content (AvgIpc) is 2.45. The van der Waals surface area contributed by atoms with Crippen molar-refractivity contribution in [2.45, 2.75) is 46.3 Å².